The van der Waals surface area contributed by atoms with Gasteiger partial charge in [0, 0.05) is 31.3 Å². The van der Waals surface area contributed by atoms with E-state index >= 15 is 0 Å². The average molecular weight is 406 g/mol. The van der Waals surface area contributed by atoms with Gasteiger partial charge in [-0.25, -0.2) is 9.59 Å². The molecular formula is C17H17BrN4O3. The number of imidazole rings is 1. The van der Waals surface area contributed by atoms with Crippen LogP contribution in [0.5, 0.6) is 0 Å². The molecule has 3 aromatic rings. The van der Waals surface area contributed by atoms with Crippen LogP contribution in [-0.2, 0) is 7.02 Å². The van der Waals surface area contributed by atoms with Crippen molar-refractivity contribution in [2.24, 2.45) is 7.02 Å². The highest BCUT2D eigenvalue weighted by molar-refractivity contribution is 9.10. The van der Waals surface area contributed by atoms with Crippen molar-refractivity contribution in [2.75, 3.05) is 13.1 Å². The van der Waals surface area contributed by atoms with Gasteiger partial charge in [-0.2, -0.15) is 0 Å². The first-order chi connectivity index (χ1) is 12.5. The van der Waals surface area contributed by atoms with Gasteiger partial charge in [-0.05, 0) is 31.0 Å². The van der Waals surface area contributed by atoms with Gasteiger partial charge in [0.1, 0.15) is 0 Å². The zero-order valence-corrected chi connectivity index (χ0v) is 14.9. The topological polar surface area (TPSA) is 80.4 Å². The molecule has 0 spiro atoms. The maximum absolute atomic E-state index is 13.0. The second kappa shape index (κ2) is 5.87. The molecule has 0 bridgehead atoms. The van der Waals surface area contributed by atoms with Gasteiger partial charge in [0.25, 0.3) is 0 Å². The fourth-order valence-corrected chi connectivity index (χ4v) is 3.96. The Balaban J connectivity index is 2.01. The molecule has 1 N–H and O–H groups in total. The number of fused-ring (bicyclic) bond motifs is 3. The highest BCUT2D eigenvalue weighted by Crippen LogP contribution is 2.30. The lowest BCUT2D eigenvalue weighted by Crippen LogP contribution is -2.42. The molecule has 130 valence electrons. The number of piperidine rings is 1. The number of hydrogen-bond donors (Lipinski definition) is 1. The van der Waals surface area contributed by atoms with Gasteiger partial charge in [-0.3, -0.25) is 14.1 Å². The molecule has 1 atom stereocenters. The first kappa shape index (κ1) is 14.9. The van der Waals surface area contributed by atoms with Crippen molar-refractivity contribution in [3.8, 4) is 0 Å². The van der Waals surface area contributed by atoms with E-state index in [1.807, 2.05) is 18.2 Å². The van der Waals surface area contributed by atoms with E-state index in [0.29, 0.717) is 24.0 Å². The molecule has 8 heteroatoms. The molecule has 7 nitrogen and oxygen atoms in total. The Morgan fingerprint density at radius 3 is 3.08 bits per heavy atom. The molecule has 1 amide bonds. The molecule has 3 heterocycles. The lowest BCUT2D eigenvalue weighted by atomic mass is 10.1. The summed E-state index contributed by atoms with van der Waals surface area (Å²) in [6.07, 6.45) is 2.07. The summed E-state index contributed by atoms with van der Waals surface area (Å²) in [5.74, 6) is 0. The third-order valence-electron chi connectivity index (χ3n) is 4.78. The molecule has 1 fully saturated rings. The van der Waals surface area contributed by atoms with Crippen molar-refractivity contribution in [2.45, 2.75) is 18.9 Å². The number of hydrogen-bond acceptors (Lipinski definition) is 3. The molecule has 25 heavy (non-hydrogen) atoms. The quantitative estimate of drug-likeness (QED) is 0.674. The second-order valence-electron chi connectivity index (χ2n) is 6.26. The highest BCUT2D eigenvalue weighted by Gasteiger charge is 2.28. The number of halogens is 1. The fraction of sp³-hybridized carbons (Fsp3) is 0.353. The van der Waals surface area contributed by atoms with Crippen LogP contribution in [0.2, 0.25) is 0 Å². The minimum atomic E-state index is -0.971. The SMILES string of the molecule is [2H]Cn1c(=O)n(C2CCCN(C(=O)O)C2)c2c3cc(Br)ccc3ncc21. The smallest absolute Gasteiger partial charge is 0.407 e. The van der Waals surface area contributed by atoms with E-state index < -0.39 is 6.09 Å². The third kappa shape index (κ3) is 2.52. The number of carboxylic acid groups (broad SMARTS) is 1. The third-order valence-corrected chi connectivity index (χ3v) is 5.28. The molecule has 1 saturated heterocycles. The van der Waals surface area contributed by atoms with Crippen LogP contribution in [0, 0.1) is 0 Å². The number of rotatable bonds is 1. The predicted molar refractivity (Wildman–Crippen MR) is 98.0 cm³/mol. The molecular weight excluding hydrogens is 388 g/mol. The van der Waals surface area contributed by atoms with Gasteiger partial charge in [0.15, 0.2) is 0 Å². The van der Waals surface area contributed by atoms with Crippen molar-refractivity contribution < 1.29 is 11.3 Å². The first-order valence-corrected chi connectivity index (χ1v) is 8.76. The standard InChI is InChI=1S/C17H17BrN4O3/c1-20-14-8-19-13-5-4-10(18)7-12(13)15(14)22(16(20)23)11-3-2-6-21(9-11)17(24)25/h4-5,7-8,11H,2-3,6,9H2,1H3,(H,24,25)/i1D. The Kier molecular flexibility index (Phi) is 3.51. The number of carbonyl (C=O) groups is 1. The van der Waals surface area contributed by atoms with Gasteiger partial charge in [0.05, 0.1) is 28.8 Å². The molecule has 1 unspecified atom stereocenters. The van der Waals surface area contributed by atoms with Crippen LogP contribution in [0.15, 0.2) is 33.7 Å². The van der Waals surface area contributed by atoms with Gasteiger partial charge in [-0.1, -0.05) is 15.9 Å². The number of pyridine rings is 1. The molecule has 0 radical (unpaired) electrons. The van der Waals surface area contributed by atoms with Gasteiger partial charge in [-0.15, -0.1) is 0 Å². The summed E-state index contributed by atoms with van der Waals surface area (Å²) in [6.45, 7) is 0.746. The maximum atomic E-state index is 13.0. The number of aryl methyl sites for hydroxylation is 1. The minimum absolute atomic E-state index is 0.209. The minimum Gasteiger partial charge on any atom is -0.465 e. The zero-order chi connectivity index (χ0) is 18.4. The van der Waals surface area contributed by atoms with Gasteiger partial charge < -0.3 is 10.0 Å². The second-order valence-corrected chi connectivity index (χ2v) is 7.17. The number of benzene rings is 1. The van der Waals surface area contributed by atoms with E-state index in [1.54, 1.807) is 10.8 Å². The van der Waals surface area contributed by atoms with Crippen LogP contribution in [0.1, 0.15) is 20.3 Å². The maximum Gasteiger partial charge on any atom is 0.407 e. The van der Waals surface area contributed by atoms with Crippen molar-refractivity contribution in [3.05, 3.63) is 39.4 Å². The first-order valence-electron chi connectivity index (χ1n) is 8.68. The molecule has 2 aromatic heterocycles. The monoisotopic (exact) mass is 405 g/mol. The summed E-state index contributed by atoms with van der Waals surface area (Å²) in [4.78, 5) is 30.2. The van der Waals surface area contributed by atoms with E-state index in [1.165, 1.54) is 9.47 Å². The largest absolute Gasteiger partial charge is 0.465 e. The average Bonchev–Trinajstić information content (AvgIpc) is 2.93. The molecule has 1 aliphatic rings. The van der Waals surface area contributed by atoms with E-state index in [4.69, 9.17) is 1.37 Å². The normalized spacial score (nSPS) is 18.7. The van der Waals surface area contributed by atoms with Crippen LogP contribution in [0.4, 0.5) is 4.79 Å². The number of nitrogens with zero attached hydrogens (tertiary/aromatic N) is 4. The molecule has 1 aromatic carbocycles. The fourth-order valence-electron chi connectivity index (χ4n) is 3.60. The lowest BCUT2D eigenvalue weighted by molar-refractivity contribution is 0.121. The summed E-state index contributed by atoms with van der Waals surface area (Å²) in [7, 11) is -0.209. The van der Waals surface area contributed by atoms with Crippen molar-refractivity contribution >= 4 is 44.0 Å². The molecule has 0 aliphatic carbocycles. The summed E-state index contributed by atoms with van der Waals surface area (Å²) >= 11 is 3.46. The van der Waals surface area contributed by atoms with Crippen LogP contribution in [0.25, 0.3) is 21.9 Å². The van der Waals surface area contributed by atoms with E-state index in [2.05, 4.69) is 20.9 Å². The Bertz CT molecular complexity index is 1080. The number of amides is 1. The van der Waals surface area contributed by atoms with Crippen molar-refractivity contribution in [1.82, 2.24) is 19.0 Å². The molecule has 4 rings (SSSR count). The Labute approximate surface area is 153 Å². The summed E-state index contributed by atoms with van der Waals surface area (Å²) in [5.41, 5.74) is 1.78. The predicted octanol–water partition coefficient (Wildman–Crippen LogP) is 2.97. The summed E-state index contributed by atoms with van der Waals surface area (Å²) in [6, 6.07) is 5.41. The van der Waals surface area contributed by atoms with Gasteiger partial charge in [0.2, 0.25) is 0 Å². The molecule has 0 saturated carbocycles. The van der Waals surface area contributed by atoms with Gasteiger partial charge >= 0.3 is 11.8 Å². The molecule has 1 aliphatic heterocycles. The number of aromatic nitrogens is 3. The highest BCUT2D eigenvalue weighted by atomic mass is 79.9. The van der Waals surface area contributed by atoms with Crippen molar-refractivity contribution in [3.63, 3.8) is 0 Å². The van der Waals surface area contributed by atoms with Crippen LogP contribution < -0.4 is 5.69 Å². The summed E-state index contributed by atoms with van der Waals surface area (Å²) < 4.78 is 11.7. The Hall–Kier alpha value is -2.35. The van der Waals surface area contributed by atoms with Crippen LogP contribution >= 0.6 is 15.9 Å². The van der Waals surface area contributed by atoms with Crippen LogP contribution in [-0.4, -0.2) is 43.3 Å². The number of likely N-dealkylation sites (tertiary alicyclic amines) is 1. The van der Waals surface area contributed by atoms with E-state index in [9.17, 15) is 14.7 Å². The van der Waals surface area contributed by atoms with Crippen molar-refractivity contribution in [1.29, 1.82) is 0 Å². The summed E-state index contributed by atoms with van der Waals surface area (Å²) in [5, 5.41) is 10.1. The Morgan fingerprint density at radius 2 is 2.32 bits per heavy atom. The zero-order valence-electron chi connectivity index (χ0n) is 14.4. The lowest BCUT2D eigenvalue weighted by Gasteiger charge is -2.31. The Morgan fingerprint density at radius 1 is 1.48 bits per heavy atom. The van der Waals surface area contributed by atoms with Crippen LogP contribution in [0.3, 0.4) is 0 Å². The van der Waals surface area contributed by atoms with E-state index in [-0.39, 0.29) is 25.3 Å². The van der Waals surface area contributed by atoms with E-state index in [0.717, 1.165) is 21.8 Å².